The quantitative estimate of drug-likeness (QED) is 0.829. The van der Waals surface area contributed by atoms with Gasteiger partial charge in [-0.15, -0.1) is 0 Å². The Morgan fingerprint density at radius 3 is 2.87 bits per heavy atom. The number of nitrogens with one attached hydrogen (secondary N) is 1. The second-order valence-corrected chi connectivity index (χ2v) is 4.14. The van der Waals surface area contributed by atoms with E-state index in [0.29, 0.717) is 0 Å². The number of hydrogen-bond acceptors (Lipinski definition) is 2. The van der Waals surface area contributed by atoms with Gasteiger partial charge >= 0.3 is 0 Å². The Hall–Kier alpha value is -1.35. The Morgan fingerprint density at radius 1 is 1.40 bits per heavy atom. The van der Waals surface area contributed by atoms with Crippen molar-refractivity contribution in [3.8, 4) is 0 Å². The molecule has 0 atom stereocenters. The lowest BCUT2D eigenvalue weighted by Crippen LogP contribution is -2.10. The predicted molar refractivity (Wildman–Crippen MR) is 62.9 cm³/mol. The minimum atomic E-state index is 0.953. The molecule has 0 fully saturated rings. The lowest BCUT2D eigenvalue weighted by atomic mass is 10.1. The third kappa shape index (κ3) is 2.02. The standard InChI is InChI=1S/C12H17N3/c1-4-9-5-11-10(8-15(2)3)7-14-12(11)13-6-9/h5-7H,4,8H2,1-3H3,(H,13,14). The summed E-state index contributed by atoms with van der Waals surface area (Å²) in [6, 6.07) is 2.23. The summed E-state index contributed by atoms with van der Waals surface area (Å²) >= 11 is 0. The van der Waals surface area contributed by atoms with Gasteiger partial charge < -0.3 is 9.88 Å². The molecule has 0 spiro atoms. The highest BCUT2D eigenvalue weighted by Gasteiger charge is 2.05. The van der Waals surface area contributed by atoms with Crippen LogP contribution in [0.2, 0.25) is 0 Å². The number of H-pyrrole nitrogens is 1. The second-order valence-electron chi connectivity index (χ2n) is 4.14. The van der Waals surface area contributed by atoms with Crippen molar-refractivity contribution in [3.05, 3.63) is 29.6 Å². The van der Waals surface area contributed by atoms with Gasteiger partial charge in [0, 0.05) is 24.3 Å². The van der Waals surface area contributed by atoms with E-state index in [0.717, 1.165) is 18.6 Å². The van der Waals surface area contributed by atoms with Gasteiger partial charge in [0.25, 0.3) is 0 Å². The van der Waals surface area contributed by atoms with E-state index >= 15 is 0 Å². The molecule has 2 rings (SSSR count). The zero-order valence-electron chi connectivity index (χ0n) is 9.54. The van der Waals surface area contributed by atoms with E-state index in [2.05, 4.69) is 48.2 Å². The summed E-state index contributed by atoms with van der Waals surface area (Å²) in [5.41, 5.74) is 3.60. The molecule has 2 heterocycles. The number of aromatic amines is 1. The third-order valence-corrected chi connectivity index (χ3v) is 2.57. The van der Waals surface area contributed by atoms with Crippen molar-refractivity contribution in [1.82, 2.24) is 14.9 Å². The average molecular weight is 203 g/mol. The van der Waals surface area contributed by atoms with Crippen molar-refractivity contribution in [2.45, 2.75) is 19.9 Å². The summed E-state index contributed by atoms with van der Waals surface area (Å²) in [6.07, 6.45) is 5.03. The summed E-state index contributed by atoms with van der Waals surface area (Å²) in [6.45, 7) is 3.11. The summed E-state index contributed by atoms with van der Waals surface area (Å²) in [5, 5.41) is 1.25. The first kappa shape index (κ1) is 10.2. The largest absolute Gasteiger partial charge is 0.346 e. The van der Waals surface area contributed by atoms with Crippen LogP contribution in [0.15, 0.2) is 18.5 Å². The first-order valence-corrected chi connectivity index (χ1v) is 5.30. The number of aryl methyl sites for hydroxylation is 1. The van der Waals surface area contributed by atoms with Crippen LogP contribution in [-0.4, -0.2) is 29.0 Å². The second kappa shape index (κ2) is 4.03. The number of aromatic nitrogens is 2. The minimum absolute atomic E-state index is 0.953. The van der Waals surface area contributed by atoms with Crippen molar-refractivity contribution in [2.75, 3.05) is 14.1 Å². The molecule has 3 heteroatoms. The predicted octanol–water partition coefficient (Wildman–Crippen LogP) is 2.19. The molecule has 0 aromatic carbocycles. The molecule has 1 N–H and O–H groups in total. The van der Waals surface area contributed by atoms with E-state index in [1.807, 2.05) is 6.20 Å². The maximum Gasteiger partial charge on any atom is 0.137 e. The fraction of sp³-hybridized carbons (Fsp3) is 0.417. The molecular weight excluding hydrogens is 186 g/mol. The van der Waals surface area contributed by atoms with Gasteiger partial charge in [0.1, 0.15) is 5.65 Å². The highest BCUT2D eigenvalue weighted by molar-refractivity contribution is 5.80. The molecule has 0 radical (unpaired) electrons. The Bertz CT molecular complexity index is 457. The lowest BCUT2D eigenvalue weighted by Gasteiger charge is -2.08. The first-order chi connectivity index (χ1) is 7.20. The van der Waals surface area contributed by atoms with E-state index in [9.17, 15) is 0 Å². The Balaban J connectivity index is 2.46. The molecule has 0 amide bonds. The zero-order chi connectivity index (χ0) is 10.8. The molecule has 0 aliphatic rings. The van der Waals surface area contributed by atoms with Gasteiger partial charge in [0.15, 0.2) is 0 Å². The topological polar surface area (TPSA) is 31.9 Å². The fourth-order valence-electron chi connectivity index (χ4n) is 1.77. The van der Waals surface area contributed by atoms with Gasteiger partial charge in [-0.25, -0.2) is 4.98 Å². The van der Waals surface area contributed by atoms with Crippen molar-refractivity contribution >= 4 is 11.0 Å². The maximum absolute atomic E-state index is 4.41. The highest BCUT2D eigenvalue weighted by atomic mass is 15.1. The molecular formula is C12H17N3. The summed E-state index contributed by atoms with van der Waals surface area (Å²) < 4.78 is 0. The molecule has 0 aliphatic heterocycles. The van der Waals surface area contributed by atoms with E-state index in [4.69, 9.17) is 0 Å². The molecule has 80 valence electrons. The van der Waals surface area contributed by atoms with Crippen LogP contribution >= 0.6 is 0 Å². The number of rotatable bonds is 3. The van der Waals surface area contributed by atoms with Crippen molar-refractivity contribution in [3.63, 3.8) is 0 Å². The first-order valence-electron chi connectivity index (χ1n) is 5.30. The third-order valence-electron chi connectivity index (χ3n) is 2.57. The Labute approximate surface area is 90.1 Å². The molecule has 15 heavy (non-hydrogen) atoms. The minimum Gasteiger partial charge on any atom is -0.346 e. The van der Waals surface area contributed by atoms with Crippen LogP contribution in [0.3, 0.4) is 0 Å². The van der Waals surface area contributed by atoms with Gasteiger partial charge in [0.05, 0.1) is 0 Å². The van der Waals surface area contributed by atoms with E-state index < -0.39 is 0 Å². The van der Waals surface area contributed by atoms with Crippen LogP contribution in [0, 0.1) is 0 Å². The van der Waals surface area contributed by atoms with E-state index in [1.165, 1.54) is 16.5 Å². The molecule has 2 aromatic heterocycles. The molecule has 2 aromatic rings. The molecule has 0 bridgehead atoms. The summed E-state index contributed by atoms with van der Waals surface area (Å²) in [4.78, 5) is 9.78. The monoisotopic (exact) mass is 203 g/mol. The number of fused-ring (bicyclic) bond motifs is 1. The smallest absolute Gasteiger partial charge is 0.137 e. The fourth-order valence-corrected chi connectivity index (χ4v) is 1.77. The van der Waals surface area contributed by atoms with Crippen molar-refractivity contribution in [2.24, 2.45) is 0 Å². The van der Waals surface area contributed by atoms with Gasteiger partial charge in [-0.1, -0.05) is 6.92 Å². The maximum atomic E-state index is 4.41. The van der Waals surface area contributed by atoms with Crippen LogP contribution in [0.4, 0.5) is 0 Å². The van der Waals surface area contributed by atoms with Gasteiger partial charge in [0.2, 0.25) is 0 Å². The van der Waals surface area contributed by atoms with Crippen LogP contribution in [0.25, 0.3) is 11.0 Å². The molecule has 0 saturated carbocycles. The number of pyridine rings is 1. The molecule has 3 nitrogen and oxygen atoms in total. The van der Waals surface area contributed by atoms with Crippen molar-refractivity contribution < 1.29 is 0 Å². The van der Waals surface area contributed by atoms with Gasteiger partial charge in [-0.3, -0.25) is 0 Å². The summed E-state index contributed by atoms with van der Waals surface area (Å²) in [7, 11) is 4.16. The van der Waals surface area contributed by atoms with Crippen LogP contribution in [0.5, 0.6) is 0 Å². The van der Waals surface area contributed by atoms with Gasteiger partial charge in [-0.2, -0.15) is 0 Å². The normalized spacial score (nSPS) is 11.5. The molecule has 0 aliphatic carbocycles. The highest BCUT2D eigenvalue weighted by Crippen LogP contribution is 2.18. The van der Waals surface area contributed by atoms with Gasteiger partial charge in [-0.05, 0) is 37.7 Å². The van der Waals surface area contributed by atoms with Crippen LogP contribution < -0.4 is 0 Å². The van der Waals surface area contributed by atoms with Crippen LogP contribution in [0.1, 0.15) is 18.1 Å². The average Bonchev–Trinajstić information content (AvgIpc) is 2.60. The summed E-state index contributed by atoms with van der Waals surface area (Å²) in [5.74, 6) is 0. The number of hydrogen-bond donors (Lipinski definition) is 1. The van der Waals surface area contributed by atoms with E-state index in [-0.39, 0.29) is 0 Å². The van der Waals surface area contributed by atoms with Crippen LogP contribution in [-0.2, 0) is 13.0 Å². The number of nitrogens with zero attached hydrogens (tertiary/aromatic N) is 2. The zero-order valence-corrected chi connectivity index (χ0v) is 9.54. The SMILES string of the molecule is CCc1cnc2[nH]cc(CN(C)C)c2c1. The molecule has 0 unspecified atom stereocenters. The van der Waals surface area contributed by atoms with E-state index in [1.54, 1.807) is 0 Å². The Kier molecular flexibility index (Phi) is 2.73. The van der Waals surface area contributed by atoms with Crippen molar-refractivity contribution in [1.29, 1.82) is 0 Å². The Morgan fingerprint density at radius 2 is 2.20 bits per heavy atom. The lowest BCUT2D eigenvalue weighted by molar-refractivity contribution is 0.404. The molecule has 0 saturated heterocycles.